The lowest BCUT2D eigenvalue weighted by molar-refractivity contribution is -0.141. The molecule has 7 nitrogen and oxygen atoms in total. The van der Waals surface area contributed by atoms with Crippen molar-refractivity contribution in [3.8, 4) is 0 Å². The third-order valence-corrected chi connectivity index (χ3v) is 5.96. The van der Waals surface area contributed by atoms with Crippen LogP contribution in [0.2, 0.25) is 0 Å². The van der Waals surface area contributed by atoms with E-state index in [1.165, 1.54) is 22.7 Å². The van der Waals surface area contributed by atoms with Gasteiger partial charge in [0.1, 0.15) is 0 Å². The van der Waals surface area contributed by atoms with E-state index < -0.39 is 0 Å². The Bertz CT molecular complexity index is 808. The highest BCUT2D eigenvalue weighted by molar-refractivity contribution is 7.14. The lowest BCUT2D eigenvalue weighted by Gasteiger charge is -2.35. The van der Waals surface area contributed by atoms with Gasteiger partial charge in [-0.3, -0.25) is 19.7 Å². The summed E-state index contributed by atoms with van der Waals surface area (Å²) in [6.45, 7) is 6.00. The van der Waals surface area contributed by atoms with Gasteiger partial charge >= 0.3 is 0 Å². The van der Waals surface area contributed by atoms with Gasteiger partial charge < -0.3 is 9.80 Å². The predicted molar refractivity (Wildman–Crippen MR) is 106 cm³/mol. The van der Waals surface area contributed by atoms with Gasteiger partial charge in [-0.25, -0.2) is 4.98 Å². The summed E-state index contributed by atoms with van der Waals surface area (Å²) in [4.78, 5) is 45.1. The quantitative estimate of drug-likeness (QED) is 0.826. The van der Waals surface area contributed by atoms with E-state index in [1.54, 1.807) is 16.3 Å². The van der Waals surface area contributed by atoms with Gasteiger partial charge in [-0.1, -0.05) is 19.9 Å². The maximum atomic E-state index is 12.5. The highest BCUT2D eigenvalue weighted by Gasteiger charge is 2.25. The normalized spacial score (nSPS) is 14.5. The number of anilines is 1. The second-order valence-electron chi connectivity index (χ2n) is 6.61. The molecule has 1 fully saturated rings. The van der Waals surface area contributed by atoms with Gasteiger partial charge in [0.2, 0.25) is 11.8 Å². The van der Waals surface area contributed by atoms with E-state index in [9.17, 15) is 14.4 Å². The first-order valence-electron chi connectivity index (χ1n) is 8.80. The zero-order chi connectivity index (χ0) is 19.4. The van der Waals surface area contributed by atoms with Crippen molar-refractivity contribution in [1.82, 2.24) is 14.8 Å². The van der Waals surface area contributed by atoms with Gasteiger partial charge in [0, 0.05) is 37.5 Å². The van der Waals surface area contributed by atoms with E-state index in [0.717, 1.165) is 0 Å². The van der Waals surface area contributed by atoms with Crippen LogP contribution >= 0.6 is 22.7 Å². The number of thiazole rings is 1. The Labute approximate surface area is 166 Å². The summed E-state index contributed by atoms with van der Waals surface area (Å²) < 4.78 is 0. The lowest BCUT2D eigenvalue weighted by Crippen LogP contribution is -2.51. The van der Waals surface area contributed by atoms with E-state index in [-0.39, 0.29) is 30.1 Å². The molecule has 2 aromatic rings. The standard InChI is InChI=1S/C18H22N4O3S2/c1-12(2)17(25)22-7-5-21(6-8-22)15(23)10-13-11-27-18(19-13)20-16(24)14-4-3-9-26-14/h3-4,9,11-12H,5-8,10H2,1-2H3,(H,19,20,24). The molecule has 3 amide bonds. The summed E-state index contributed by atoms with van der Waals surface area (Å²) in [7, 11) is 0. The van der Waals surface area contributed by atoms with Crippen LogP contribution in [0, 0.1) is 5.92 Å². The molecule has 3 rings (SSSR count). The first kappa shape index (κ1) is 19.5. The second-order valence-corrected chi connectivity index (χ2v) is 8.42. The van der Waals surface area contributed by atoms with Crippen LogP contribution in [0.1, 0.15) is 29.2 Å². The largest absolute Gasteiger partial charge is 0.339 e. The molecule has 0 radical (unpaired) electrons. The van der Waals surface area contributed by atoms with Crippen molar-refractivity contribution >= 4 is 45.5 Å². The van der Waals surface area contributed by atoms with Gasteiger partial charge in [-0.05, 0) is 11.4 Å². The first-order valence-corrected chi connectivity index (χ1v) is 10.6. The minimum absolute atomic E-state index is 0.00641. The topological polar surface area (TPSA) is 82.6 Å². The summed E-state index contributed by atoms with van der Waals surface area (Å²) >= 11 is 2.68. The Morgan fingerprint density at radius 3 is 2.48 bits per heavy atom. The fourth-order valence-corrected chi connectivity index (χ4v) is 4.14. The minimum Gasteiger partial charge on any atom is -0.339 e. The maximum absolute atomic E-state index is 12.5. The van der Waals surface area contributed by atoms with Crippen LogP contribution in [-0.4, -0.2) is 58.7 Å². The molecule has 0 aliphatic carbocycles. The molecular weight excluding hydrogens is 384 g/mol. The van der Waals surface area contributed by atoms with E-state index in [2.05, 4.69) is 10.3 Å². The number of carbonyl (C=O) groups excluding carboxylic acids is 3. The zero-order valence-corrected chi connectivity index (χ0v) is 16.9. The zero-order valence-electron chi connectivity index (χ0n) is 15.3. The van der Waals surface area contributed by atoms with Crippen LogP contribution in [0.15, 0.2) is 22.9 Å². The number of piperazine rings is 1. The molecule has 1 saturated heterocycles. The van der Waals surface area contributed by atoms with Crippen molar-refractivity contribution < 1.29 is 14.4 Å². The molecule has 2 aromatic heterocycles. The molecular formula is C18H22N4O3S2. The van der Waals surface area contributed by atoms with Gasteiger partial charge in [-0.2, -0.15) is 0 Å². The van der Waals surface area contributed by atoms with Crippen LogP contribution < -0.4 is 5.32 Å². The van der Waals surface area contributed by atoms with Crippen molar-refractivity contribution in [2.45, 2.75) is 20.3 Å². The van der Waals surface area contributed by atoms with Crippen LogP contribution in [0.3, 0.4) is 0 Å². The molecule has 3 heterocycles. The summed E-state index contributed by atoms with van der Waals surface area (Å²) in [6.07, 6.45) is 0.198. The number of amides is 3. The number of carbonyl (C=O) groups is 3. The molecule has 144 valence electrons. The summed E-state index contributed by atoms with van der Waals surface area (Å²) in [5.74, 6) is -0.0889. The lowest BCUT2D eigenvalue weighted by atomic mass is 10.1. The first-order chi connectivity index (χ1) is 12.9. The summed E-state index contributed by atoms with van der Waals surface area (Å²) in [5, 5.41) is 6.88. The molecule has 0 saturated carbocycles. The Morgan fingerprint density at radius 2 is 1.85 bits per heavy atom. The van der Waals surface area contributed by atoms with E-state index in [1.807, 2.05) is 30.2 Å². The van der Waals surface area contributed by atoms with Crippen LogP contribution in [0.25, 0.3) is 0 Å². The fourth-order valence-electron chi connectivity index (χ4n) is 2.82. The average molecular weight is 407 g/mol. The summed E-state index contributed by atoms with van der Waals surface area (Å²) in [5.41, 5.74) is 0.646. The molecule has 0 atom stereocenters. The maximum Gasteiger partial charge on any atom is 0.267 e. The van der Waals surface area contributed by atoms with Crippen molar-refractivity contribution in [3.63, 3.8) is 0 Å². The average Bonchev–Trinajstić information content (AvgIpc) is 3.33. The molecule has 27 heavy (non-hydrogen) atoms. The molecule has 1 aliphatic heterocycles. The number of nitrogens with one attached hydrogen (secondary N) is 1. The third kappa shape index (κ3) is 4.92. The fraction of sp³-hybridized carbons (Fsp3) is 0.444. The van der Waals surface area contributed by atoms with Crippen LogP contribution in [0.5, 0.6) is 0 Å². The number of hydrogen-bond donors (Lipinski definition) is 1. The molecule has 0 bridgehead atoms. The van der Waals surface area contributed by atoms with Gasteiger partial charge in [0.05, 0.1) is 17.0 Å². The Kier molecular flexibility index (Phi) is 6.22. The monoisotopic (exact) mass is 406 g/mol. The smallest absolute Gasteiger partial charge is 0.267 e. The van der Waals surface area contributed by atoms with E-state index in [4.69, 9.17) is 0 Å². The molecule has 0 spiro atoms. The highest BCUT2D eigenvalue weighted by atomic mass is 32.1. The number of aromatic nitrogens is 1. The molecule has 1 aliphatic rings. The number of rotatable bonds is 5. The van der Waals surface area contributed by atoms with E-state index >= 15 is 0 Å². The van der Waals surface area contributed by atoms with Crippen molar-refractivity contribution in [1.29, 1.82) is 0 Å². The highest BCUT2D eigenvalue weighted by Crippen LogP contribution is 2.19. The number of nitrogens with zero attached hydrogens (tertiary/aromatic N) is 3. The molecule has 0 unspecified atom stereocenters. The Balaban J connectivity index is 1.50. The minimum atomic E-state index is -0.192. The van der Waals surface area contributed by atoms with Crippen LogP contribution in [-0.2, 0) is 16.0 Å². The Morgan fingerprint density at radius 1 is 1.15 bits per heavy atom. The molecule has 1 N–H and O–H groups in total. The van der Waals surface area contributed by atoms with Crippen LogP contribution in [0.4, 0.5) is 5.13 Å². The SMILES string of the molecule is CC(C)C(=O)N1CCN(C(=O)Cc2csc(NC(=O)c3cccs3)n2)CC1. The van der Waals surface area contributed by atoms with Crippen molar-refractivity contribution in [3.05, 3.63) is 33.5 Å². The Hall–Kier alpha value is -2.26. The second kappa shape index (κ2) is 8.62. The van der Waals surface area contributed by atoms with Crippen molar-refractivity contribution in [2.75, 3.05) is 31.5 Å². The summed E-state index contributed by atoms with van der Waals surface area (Å²) in [6, 6.07) is 3.57. The van der Waals surface area contributed by atoms with Crippen molar-refractivity contribution in [2.24, 2.45) is 5.92 Å². The van der Waals surface area contributed by atoms with E-state index in [0.29, 0.717) is 41.9 Å². The van der Waals surface area contributed by atoms with Gasteiger partial charge in [0.25, 0.3) is 5.91 Å². The number of hydrogen-bond acceptors (Lipinski definition) is 6. The predicted octanol–water partition coefficient (Wildman–Crippen LogP) is 2.33. The number of thiophene rings is 1. The van der Waals surface area contributed by atoms with Gasteiger partial charge in [0.15, 0.2) is 5.13 Å². The molecule has 9 heteroatoms. The molecule has 0 aromatic carbocycles. The van der Waals surface area contributed by atoms with Gasteiger partial charge in [-0.15, -0.1) is 22.7 Å². The third-order valence-electron chi connectivity index (χ3n) is 4.29.